The normalized spacial score (nSPS) is 10.7. The predicted octanol–water partition coefficient (Wildman–Crippen LogP) is 1.45. The van der Waals surface area contributed by atoms with Gasteiger partial charge < -0.3 is 10.4 Å². The number of carbonyl (C=O) groups excluding carboxylic acids is 1. The Morgan fingerprint density at radius 1 is 1.43 bits per heavy atom. The molecule has 0 spiro atoms. The maximum atomic E-state index is 12.3. The third-order valence-corrected chi connectivity index (χ3v) is 2.74. The molecule has 5 nitrogen and oxygen atoms in total. The second kappa shape index (κ2) is 9.00. The van der Waals surface area contributed by atoms with Crippen LogP contribution < -0.4 is 5.32 Å². The fourth-order valence-corrected chi connectivity index (χ4v) is 1.78. The van der Waals surface area contributed by atoms with Crippen molar-refractivity contribution in [2.75, 3.05) is 31.6 Å². The van der Waals surface area contributed by atoms with E-state index in [1.54, 1.807) is 18.2 Å². The first kappa shape index (κ1) is 17.0. The first-order valence-electron chi connectivity index (χ1n) is 6.46. The molecule has 2 N–H and O–H groups in total. The van der Waals surface area contributed by atoms with Crippen molar-refractivity contribution >= 4 is 11.6 Å². The zero-order valence-corrected chi connectivity index (χ0v) is 11.4. The largest absolute Gasteiger partial charge is 0.395 e. The van der Waals surface area contributed by atoms with Crippen molar-refractivity contribution in [1.82, 2.24) is 4.90 Å². The number of halogens is 2. The van der Waals surface area contributed by atoms with Gasteiger partial charge in [0.1, 0.15) is 0 Å². The Morgan fingerprint density at radius 3 is 2.81 bits per heavy atom. The van der Waals surface area contributed by atoms with Crippen molar-refractivity contribution in [3.05, 3.63) is 29.8 Å². The number of alkyl halides is 2. The van der Waals surface area contributed by atoms with Gasteiger partial charge in [0.25, 0.3) is 6.43 Å². The third-order valence-electron chi connectivity index (χ3n) is 2.74. The van der Waals surface area contributed by atoms with Crippen molar-refractivity contribution < 1.29 is 18.7 Å². The lowest BCUT2D eigenvalue weighted by atomic mass is 10.2. The topological polar surface area (TPSA) is 76.4 Å². The minimum atomic E-state index is -2.51. The number of nitriles is 1. The summed E-state index contributed by atoms with van der Waals surface area (Å²) in [6.45, 7) is -0.480. The molecule has 0 atom stereocenters. The summed E-state index contributed by atoms with van der Waals surface area (Å²) in [6, 6.07) is 8.39. The quantitative estimate of drug-likeness (QED) is 0.761. The Morgan fingerprint density at radius 2 is 2.19 bits per heavy atom. The molecule has 0 unspecified atom stereocenters. The second-order valence-corrected chi connectivity index (χ2v) is 4.41. The molecule has 0 aliphatic rings. The summed E-state index contributed by atoms with van der Waals surface area (Å²) < 4.78 is 24.6. The van der Waals surface area contributed by atoms with Gasteiger partial charge in [-0.2, -0.15) is 5.26 Å². The van der Waals surface area contributed by atoms with Crippen LogP contribution in [0.5, 0.6) is 0 Å². The Balaban J connectivity index is 2.46. The van der Waals surface area contributed by atoms with Crippen LogP contribution in [-0.4, -0.2) is 48.6 Å². The van der Waals surface area contributed by atoms with Crippen LogP contribution in [0.3, 0.4) is 0 Å². The SMILES string of the molecule is N#Cc1cccc(NC(=O)CCN(CCO)CC(F)F)c1. The van der Waals surface area contributed by atoms with E-state index in [0.717, 1.165) is 0 Å². The standard InChI is InChI=1S/C14H17F2N3O2/c15-13(16)10-19(6-7-20)5-4-14(21)18-12-3-1-2-11(8-12)9-17/h1-3,8,13,20H,4-7,10H2,(H,18,21). The summed E-state index contributed by atoms with van der Waals surface area (Å²) in [5, 5.41) is 20.1. The molecule has 1 amide bonds. The molecule has 1 rings (SSSR count). The molecule has 0 saturated carbocycles. The number of nitrogens with zero attached hydrogens (tertiary/aromatic N) is 2. The summed E-state index contributed by atoms with van der Waals surface area (Å²) in [4.78, 5) is 13.1. The van der Waals surface area contributed by atoms with E-state index in [9.17, 15) is 13.6 Å². The second-order valence-electron chi connectivity index (χ2n) is 4.41. The van der Waals surface area contributed by atoms with Crippen LogP contribution >= 0.6 is 0 Å². The van der Waals surface area contributed by atoms with E-state index in [1.165, 1.54) is 11.0 Å². The molecular formula is C14H17F2N3O2. The first-order chi connectivity index (χ1) is 10.0. The molecule has 0 bridgehead atoms. The molecular weight excluding hydrogens is 280 g/mol. The maximum Gasteiger partial charge on any atom is 0.251 e. The Labute approximate surface area is 121 Å². The number of hydrogen-bond acceptors (Lipinski definition) is 4. The Hall–Kier alpha value is -2.04. The fourth-order valence-electron chi connectivity index (χ4n) is 1.78. The summed E-state index contributed by atoms with van der Waals surface area (Å²) in [5.74, 6) is -0.331. The van der Waals surface area contributed by atoms with Gasteiger partial charge >= 0.3 is 0 Å². The number of carbonyl (C=O) groups is 1. The van der Waals surface area contributed by atoms with Crippen molar-refractivity contribution in [2.24, 2.45) is 0 Å². The van der Waals surface area contributed by atoms with Crippen molar-refractivity contribution in [2.45, 2.75) is 12.8 Å². The zero-order chi connectivity index (χ0) is 15.7. The van der Waals surface area contributed by atoms with Crippen molar-refractivity contribution in [1.29, 1.82) is 5.26 Å². The highest BCUT2D eigenvalue weighted by atomic mass is 19.3. The van der Waals surface area contributed by atoms with E-state index in [4.69, 9.17) is 10.4 Å². The van der Waals surface area contributed by atoms with Crippen molar-refractivity contribution in [3.63, 3.8) is 0 Å². The highest BCUT2D eigenvalue weighted by Gasteiger charge is 2.13. The van der Waals surface area contributed by atoms with E-state index in [0.29, 0.717) is 11.3 Å². The van der Waals surface area contributed by atoms with Gasteiger partial charge in [0.15, 0.2) is 0 Å². The van der Waals surface area contributed by atoms with E-state index < -0.39 is 13.0 Å². The zero-order valence-electron chi connectivity index (χ0n) is 11.4. The molecule has 1 aromatic carbocycles. The lowest BCUT2D eigenvalue weighted by Gasteiger charge is -2.20. The monoisotopic (exact) mass is 297 g/mol. The molecule has 0 heterocycles. The number of benzene rings is 1. The number of rotatable bonds is 8. The lowest BCUT2D eigenvalue weighted by molar-refractivity contribution is -0.116. The summed E-state index contributed by atoms with van der Waals surface area (Å²) in [5.41, 5.74) is 0.911. The fraction of sp³-hybridized carbons (Fsp3) is 0.429. The molecule has 0 aromatic heterocycles. The summed E-state index contributed by atoms with van der Waals surface area (Å²) in [6.07, 6.45) is -2.48. The summed E-state index contributed by atoms with van der Waals surface area (Å²) >= 11 is 0. The number of aliphatic hydroxyl groups is 1. The van der Waals surface area contributed by atoms with E-state index in [2.05, 4.69) is 5.32 Å². The number of anilines is 1. The molecule has 114 valence electrons. The molecule has 21 heavy (non-hydrogen) atoms. The van der Waals surface area contributed by atoms with Crippen LogP contribution in [0.2, 0.25) is 0 Å². The average molecular weight is 297 g/mol. The van der Waals surface area contributed by atoms with Crippen LogP contribution in [0, 0.1) is 11.3 Å². The number of nitrogens with one attached hydrogen (secondary N) is 1. The number of aliphatic hydroxyl groups excluding tert-OH is 1. The lowest BCUT2D eigenvalue weighted by Crippen LogP contribution is -2.34. The first-order valence-corrected chi connectivity index (χ1v) is 6.46. The van der Waals surface area contributed by atoms with Gasteiger partial charge in [0.05, 0.1) is 24.8 Å². The molecule has 7 heteroatoms. The van der Waals surface area contributed by atoms with Gasteiger partial charge in [-0.25, -0.2) is 8.78 Å². The van der Waals surface area contributed by atoms with Gasteiger partial charge in [-0.3, -0.25) is 9.69 Å². The highest BCUT2D eigenvalue weighted by Crippen LogP contribution is 2.10. The number of amides is 1. The molecule has 1 aromatic rings. The minimum Gasteiger partial charge on any atom is -0.395 e. The minimum absolute atomic E-state index is 0.0313. The maximum absolute atomic E-state index is 12.3. The van der Waals surface area contributed by atoms with Crippen LogP contribution in [-0.2, 0) is 4.79 Å². The average Bonchev–Trinajstić information content (AvgIpc) is 2.44. The van der Waals surface area contributed by atoms with Gasteiger partial charge in [-0.15, -0.1) is 0 Å². The summed E-state index contributed by atoms with van der Waals surface area (Å²) in [7, 11) is 0. The molecule has 0 radical (unpaired) electrons. The molecule has 0 fully saturated rings. The molecule has 0 aliphatic carbocycles. The van der Waals surface area contributed by atoms with E-state index in [-0.39, 0.29) is 32.0 Å². The van der Waals surface area contributed by atoms with Gasteiger partial charge in [-0.1, -0.05) is 6.07 Å². The molecule has 0 saturated heterocycles. The van der Waals surface area contributed by atoms with E-state index in [1.807, 2.05) is 6.07 Å². The highest BCUT2D eigenvalue weighted by molar-refractivity contribution is 5.90. The van der Waals surface area contributed by atoms with Gasteiger partial charge in [0, 0.05) is 25.2 Å². The number of hydrogen-bond donors (Lipinski definition) is 2. The van der Waals surface area contributed by atoms with Crippen LogP contribution in [0.15, 0.2) is 24.3 Å². The predicted molar refractivity (Wildman–Crippen MR) is 73.9 cm³/mol. The van der Waals surface area contributed by atoms with Crippen LogP contribution in [0.25, 0.3) is 0 Å². The Bertz CT molecular complexity index is 503. The molecule has 0 aliphatic heterocycles. The third kappa shape index (κ3) is 6.79. The Kier molecular flexibility index (Phi) is 7.29. The smallest absolute Gasteiger partial charge is 0.251 e. The van der Waals surface area contributed by atoms with Crippen molar-refractivity contribution in [3.8, 4) is 6.07 Å². The van der Waals surface area contributed by atoms with E-state index >= 15 is 0 Å². The van der Waals surface area contributed by atoms with Crippen LogP contribution in [0.1, 0.15) is 12.0 Å². The van der Waals surface area contributed by atoms with Gasteiger partial charge in [-0.05, 0) is 18.2 Å². The van der Waals surface area contributed by atoms with Crippen LogP contribution in [0.4, 0.5) is 14.5 Å². The van der Waals surface area contributed by atoms with Gasteiger partial charge in [0.2, 0.25) is 5.91 Å².